The Bertz CT molecular complexity index is 774. The largest absolute Gasteiger partial charge is 0.481 e. The molecule has 6 nitrogen and oxygen atoms in total. The van der Waals surface area contributed by atoms with E-state index in [0.717, 1.165) is 54.0 Å². The molecule has 1 aliphatic heterocycles. The van der Waals surface area contributed by atoms with E-state index in [9.17, 15) is 0 Å². The van der Waals surface area contributed by atoms with Crippen LogP contribution in [0, 0.1) is 12.8 Å². The van der Waals surface area contributed by atoms with Crippen LogP contribution in [0.3, 0.4) is 0 Å². The molecule has 0 amide bonds. The number of rotatable bonds is 6. The number of aromatic nitrogens is 3. The van der Waals surface area contributed by atoms with E-state index in [0.29, 0.717) is 5.88 Å². The van der Waals surface area contributed by atoms with Crippen LogP contribution in [0.25, 0.3) is 0 Å². The van der Waals surface area contributed by atoms with Crippen molar-refractivity contribution in [3.8, 4) is 11.8 Å². The summed E-state index contributed by atoms with van der Waals surface area (Å²) in [6.45, 7) is 7.11. The van der Waals surface area contributed by atoms with Crippen LogP contribution in [0.5, 0.6) is 11.8 Å². The van der Waals surface area contributed by atoms with Crippen molar-refractivity contribution in [1.82, 2.24) is 19.9 Å². The van der Waals surface area contributed by atoms with Crippen molar-refractivity contribution < 1.29 is 9.47 Å². The van der Waals surface area contributed by atoms with Crippen molar-refractivity contribution in [2.24, 2.45) is 5.92 Å². The Morgan fingerprint density at radius 2 is 2.12 bits per heavy atom. The molecule has 3 heterocycles. The lowest BCUT2D eigenvalue weighted by atomic mass is 10.1. The highest BCUT2D eigenvalue weighted by molar-refractivity contribution is 5.34. The quantitative estimate of drug-likeness (QED) is 0.794. The van der Waals surface area contributed by atoms with Crippen LogP contribution >= 0.6 is 0 Å². The second-order valence-electron chi connectivity index (χ2n) is 7.32. The standard InChI is InChI=1S/C20H26N4O2/c1-13(16-6-7-19(25-3)21-10-16)26-20-17-12-24(11-15-4-5-15)9-8-18(17)22-14(2)23-20/h6-7,10,13,15H,4-5,8-9,11-12H2,1-3H3. The first-order valence-electron chi connectivity index (χ1n) is 9.37. The molecule has 0 saturated heterocycles. The first-order valence-corrected chi connectivity index (χ1v) is 9.37. The third-order valence-corrected chi connectivity index (χ3v) is 5.15. The van der Waals surface area contributed by atoms with E-state index < -0.39 is 0 Å². The van der Waals surface area contributed by atoms with E-state index in [2.05, 4.69) is 19.9 Å². The zero-order valence-corrected chi connectivity index (χ0v) is 15.7. The lowest BCUT2D eigenvalue weighted by molar-refractivity contribution is 0.195. The summed E-state index contributed by atoms with van der Waals surface area (Å²) >= 11 is 0. The Kier molecular flexibility index (Phi) is 4.76. The highest BCUT2D eigenvalue weighted by Crippen LogP contribution is 2.33. The Morgan fingerprint density at radius 1 is 1.27 bits per heavy atom. The number of pyridine rings is 1. The lowest BCUT2D eigenvalue weighted by Crippen LogP contribution is -2.33. The molecular weight excluding hydrogens is 328 g/mol. The van der Waals surface area contributed by atoms with Crippen molar-refractivity contribution in [2.45, 2.75) is 45.8 Å². The van der Waals surface area contributed by atoms with E-state index in [1.165, 1.54) is 19.4 Å². The second-order valence-corrected chi connectivity index (χ2v) is 7.32. The number of hydrogen-bond donors (Lipinski definition) is 0. The number of nitrogens with zero attached hydrogens (tertiary/aromatic N) is 4. The zero-order chi connectivity index (χ0) is 18.1. The first-order chi connectivity index (χ1) is 12.6. The molecule has 0 radical (unpaired) electrons. The van der Waals surface area contributed by atoms with Crippen LogP contribution in [0.1, 0.15) is 48.5 Å². The number of ether oxygens (including phenoxy) is 2. The molecule has 4 rings (SSSR count). The van der Waals surface area contributed by atoms with Crippen molar-refractivity contribution in [1.29, 1.82) is 0 Å². The monoisotopic (exact) mass is 354 g/mol. The van der Waals surface area contributed by atoms with Gasteiger partial charge < -0.3 is 9.47 Å². The lowest BCUT2D eigenvalue weighted by Gasteiger charge is -2.29. The van der Waals surface area contributed by atoms with Gasteiger partial charge in [-0.25, -0.2) is 9.97 Å². The maximum Gasteiger partial charge on any atom is 0.222 e. The van der Waals surface area contributed by atoms with Crippen molar-refractivity contribution in [3.05, 3.63) is 41.0 Å². The zero-order valence-electron chi connectivity index (χ0n) is 15.7. The van der Waals surface area contributed by atoms with Crippen LogP contribution in [0.15, 0.2) is 18.3 Å². The van der Waals surface area contributed by atoms with Crippen LogP contribution < -0.4 is 9.47 Å². The minimum absolute atomic E-state index is 0.134. The fourth-order valence-electron chi connectivity index (χ4n) is 3.47. The van der Waals surface area contributed by atoms with E-state index in [1.807, 2.05) is 26.0 Å². The van der Waals surface area contributed by atoms with Crippen molar-refractivity contribution in [2.75, 3.05) is 20.2 Å². The van der Waals surface area contributed by atoms with Gasteiger partial charge in [-0.15, -0.1) is 0 Å². The summed E-state index contributed by atoms with van der Waals surface area (Å²) in [5.41, 5.74) is 3.29. The van der Waals surface area contributed by atoms with Gasteiger partial charge in [0.15, 0.2) is 0 Å². The fraction of sp³-hybridized carbons (Fsp3) is 0.550. The predicted molar refractivity (Wildman–Crippen MR) is 98.3 cm³/mol. The molecule has 0 aromatic carbocycles. The van der Waals surface area contributed by atoms with Gasteiger partial charge >= 0.3 is 0 Å². The summed E-state index contributed by atoms with van der Waals surface area (Å²) in [5.74, 6) is 2.98. The third-order valence-electron chi connectivity index (χ3n) is 5.15. The summed E-state index contributed by atoms with van der Waals surface area (Å²) in [6.07, 6.45) is 5.38. The molecule has 1 unspecified atom stereocenters. The molecule has 1 fully saturated rings. The summed E-state index contributed by atoms with van der Waals surface area (Å²) < 4.78 is 11.4. The van der Waals surface area contributed by atoms with Gasteiger partial charge in [0.2, 0.25) is 11.8 Å². The summed E-state index contributed by atoms with van der Waals surface area (Å²) in [7, 11) is 1.62. The van der Waals surface area contributed by atoms with Gasteiger partial charge in [-0.3, -0.25) is 4.90 Å². The fourth-order valence-corrected chi connectivity index (χ4v) is 3.47. The predicted octanol–water partition coefficient (Wildman–Crippen LogP) is 3.10. The third kappa shape index (κ3) is 3.80. The number of aryl methyl sites for hydroxylation is 1. The average Bonchev–Trinajstić information content (AvgIpc) is 3.46. The number of hydrogen-bond acceptors (Lipinski definition) is 6. The molecule has 0 bridgehead atoms. The molecule has 26 heavy (non-hydrogen) atoms. The summed E-state index contributed by atoms with van der Waals surface area (Å²) in [5, 5.41) is 0. The van der Waals surface area contributed by atoms with E-state index in [-0.39, 0.29) is 6.10 Å². The Balaban J connectivity index is 1.54. The maximum atomic E-state index is 6.26. The Labute approximate surface area is 154 Å². The highest BCUT2D eigenvalue weighted by atomic mass is 16.5. The molecule has 2 aromatic heterocycles. The molecule has 0 N–H and O–H groups in total. The van der Waals surface area contributed by atoms with Crippen molar-refractivity contribution >= 4 is 0 Å². The molecule has 1 atom stereocenters. The summed E-state index contributed by atoms with van der Waals surface area (Å²) in [4.78, 5) is 16.1. The molecule has 6 heteroatoms. The topological polar surface area (TPSA) is 60.4 Å². The van der Waals surface area contributed by atoms with Gasteiger partial charge in [0.05, 0.1) is 12.8 Å². The van der Waals surface area contributed by atoms with E-state index in [4.69, 9.17) is 9.47 Å². The molecule has 2 aromatic rings. The minimum Gasteiger partial charge on any atom is -0.481 e. The van der Waals surface area contributed by atoms with Crippen LogP contribution in [0.2, 0.25) is 0 Å². The molecule has 1 saturated carbocycles. The number of fused-ring (bicyclic) bond motifs is 1. The number of methoxy groups -OCH3 is 1. The smallest absolute Gasteiger partial charge is 0.222 e. The summed E-state index contributed by atoms with van der Waals surface area (Å²) in [6, 6.07) is 3.84. The maximum absolute atomic E-state index is 6.26. The van der Waals surface area contributed by atoms with Gasteiger partial charge in [-0.05, 0) is 38.7 Å². The molecular formula is C20H26N4O2. The van der Waals surface area contributed by atoms with Gasteiger partial charge in [-0.1, -0.05) is 0 Å². The van der Waals surface area contributed by atoms with Gasteiger partial charge in [0, 0.05) is 49.4 Å². The average molecular weight is 354 g/mol. The van der Waals surface area contributed by atoms with Gasteiger partial charge in [0.1, 0.15) is 11.9 Å². The molecule has 138 valence electrons. The van der Waals surface area contributed by atoms with Gasteiger partial charge in [0.25, 0.3) is 0 Å². The van der Waals surface area contributed by atoms with Gasteiger partial charge in [-0.2, -0.15) is 4.98 Å². The van der Waals surface area contributed by atoms with Crippen LogP contribution in [-0.4, -0.2) is 40.1 Å². The molecule has 2 aliphatic rings. The molecule has 1 aliphatic carbocycles. The highest BCUT2D eigenvalue weighted by Gasteiger charge is 2.29. The van der Waals surface area contributed by atoms with E-state index >= 15 is 0 Å². The van der Waals surface area contributed by atoms with Crippen LogP contribution in [0.4, 0.5) is 0 Å². The molecule has 0 spiro atoms. The van der Waals surface area contributed by atoms with E-state index in [1.54, 1.807) is 13.3 Å². The Morgan fingerprint density at radius 3 is 2.81 bits per heavy atom. The normalized spacial score (nSPS) is 18.3. The second kappa shape index (κ2) is 7.19. The first kappa shape index (κ1) is 17.2. The van der Waals surface area contributed by atoms with Crippen molar-refractivity contribution in [3.63, 3.8) is 0 Å². The minimum atomic E-state index is -0.134. The SMILES string of the molecule is COc1ccc(C(C)Oc2nc(C)nc3c2CN(CC2CC2)CC3)cn1. The Hall–Kier alpha value is -2.21. The van der Waals surface area contributed by atoms with Crippen LogP contribution in [-0.2, 0) is 13.0 Å².